The van der Waals surface area contributed by atoms with Crippen molar-refractivity contribution in [1.82, 2.24) is 4.90 Å². The maximum Gasteiger partial charge on any atom is 0.227 e. The van der Waals surface area contributed by atoms with Crippen LogP contribution in [0.3, 0.4) is 0 Å². The second-order valence-corrected chi connectivity index (χ2v) is 6.80. The van der Waals surface area contributed by atoms with Crippen LogP contribution in [0.2, 0.25) is 0 Å². The van der Waals surface area contributed by atoms with Crippen LogP contribution in [-0.4, -0.2) is 30.0 Å². The molecule has 2 heterocycles. The summed E-state index contributed by atoms with van der Waals surface area (Å²) < 4.78 is 6.01. The molecule has 22 heavy (non-hydrogen) atoms. The Kier molecular flexibility index (Phi) is 4.78. The van der Waals surface area contributed by atoms with Crippen LogP contribution < -0.4 is 4.74 Å². The number of carbonyl (C=O) groups excluding carboxylic acids is 1. The molecule has 0 atom stereocenters. The van der Waals surface area contributed by atoms with Gasteiger partial charge in [0, 0.05) is 30.8 Å². The number of carbonyl (C=O) groups is 1. The molecule has 1 amide bonds. The second-order valence-electron chi connectivity index (χ2n) is 5.77. The highest BCUT2D eigenvalue weighted by atomic mass is 32.1. The highest BCUT2D eigenvalue weighted by Crippen LogP contribution is 2.20. The van der Waals surface area contributed by atoms with Crippen molar-refractivity contribution in [2.45, 2.75) is 32.3 Å². The first-order valence-corrected chi connectivity index (χ1v) is 8.62. The summed E-state index contributed by atoms with van der Waals surface area (Å²) in [7, 11) is 0. The fraction of sp³-hybridized carbons (Fsp3) is 0.389. The molecule has 2 aromatic rings. The van der Waals surface area contributed by atoms with Crippen LogP contribution in [0.5, 0.6) is 5.75 Å². The zero-order valence-electron chi connectivity index (χ0n) is 12.8. The summed E-state index contributed by atoms with van der Waals surface area (Å²) in [4.78, 5) is 15.4. The number of likely N-dealkylation sites (tertiary alicyclic amines) is 1. The van der Waals surface area contributed by atoms with Crippen LogP contribution in [0.4, 0.5) is 0 Å². The van der Waals surface area contributed by atoms with Gasteiger partial charge in [0.25, 0.3) is 0 Å². The van der Waals surface area contributed by atoms with E-state index in [1.807, 2.05) is 34.5 Å². The van der Waals surface area contributed by atoms with E-state index in [0.29, 0.717) is 6.42 Å². The Bertz CT molecular complexity index is 599. The first-order chi connectivity index (χ1) is 10.7. The van der Waals surface area contributed by atoms with Gasteiger partial charge in [-0.15, -0.1) is 11.3 Å². The number of piperidine rings is 1. The summed E-state index contributed by atoms with van der Waals surface area (Å²) in [6.07, 6.45) is 2.56. The van der Waals surface area contributed by atoms with Gasteiger partial charge in [-0.1, -0.05) is 23.8 Å². The number of aryl methyl sites for hydroxylation is 1. The molecule has 0 radical (unpaired) electrons. The zero-order valence-corrected chi connectivity index (χ0v) is 13.6. The molecule has 3 nitrogen and oxygen atoms in total. The smallest absolute Gasteiger partial charge is 0.227 e. The quantitative estimate of drug-likeness (QED) is 0.861. The van der Waals surface area contributed by atoms with Crippen LogP contribution in [0.1, 0.15) is 23.3 Å². The number of hydrogen-bond donors (Lipinski definition) is 0. The van der Waals surface area contributed by atoms with E-state index >= 15 is 0 Å². The first kappa shape index (κ1) is 15.1. The third-order valence-electron chi connectivity index (χ3n) is 4.02. The lowest BCUT2D eigenvalue weighted by Crippen LogP contribution is -2.42. The molecule has 1 aliphatic heterocycles. The summed E-state index contributed by atoms with van der Waals surface area (Å²) in [5.41, 5.74) is 1.24. The first-order valence-electron chi connectivity index (χ1n) is 7.74. The molecule has 0 saturated carbocycles. The van der Waals surface area contributed by atoms with Crippen LogP contribution in [0, 0.1) is 6.92 Å². The molecule has 116 valence electrons. The molecule has 0 spiro atoms. The third-order valence-corrected chi connectivity index (χ3v) is 4.90. The summed E-state index contributed by atoms with van der Waals surface area (Å²) in [5.74, 6) is 1.16. The zero-order chi connectivity index (χ0) is 15.4. The molecule has 1 aromatic heterocycles. The van der Waals surface area contributed by atoms with E-state index in [9.17, 15) is 4.79 Å². The van der Waals surface area contributed by atoms with Gasteiger partial charge in [0.05, 0.1) is 6.42 Å². The summed E-state index contributed by atoms with van der Waals surface area (Å²) >= 11 is 1.65. The van der Waals surface area contributed by atoms with E-state index in [4.69, 9.17) is 4.74 Å². The number of thiophene rings is 1. The van der Waals surface area contributed by atoms with Crippen LogP contribution >= 0.6 is 11.3 Å². The molecule has 1 aromatic carbocycles. The van der Waals surface area contributed by atoms with Gasteiger partial charge < -0.3 is 9.64 Å². The lowest BCUT2D eigenvalue weighted by molar-refractivity contribution is -0.132. The van der Waals surface area contributed by atoms with E-state index in [1.165, 1.54) is 5.56 Å². The highest BCUT2D eigenvalue weighted by Gasteiger charge is 2.24. The number of ether oxygens (including phenoxy) is 1. The topological polar surface area (TPSA) is 29.5 Å². The van der Waals surface area contributed by atoms with E-state index in [-0.39, 0.29) is 12.0 Å². The Morgan fingerprint density at radius 2 is 1.95 bits per heavy atom. The molecule has 1 fully saturated rings. The minimum Gasteiger partial charge on any atom is -0.490 e. The maximum absolute atomic E-state index is 12.3. The molecule has 3 rings (SSSR count). The van der Waals surface area contributed by atoms with Gasteiger partial charge in [0.1, 0.15) is 11.9 Å². The Hall–Kier alpha value is -1.81. The van der Waals surface area contributed by atoms with E-state index < -0.39 is 0 Å². The van der Waals surface area contributed by atoms with E-state index in [2.05, 4.69) is 19.1 Å². The Morgan fingerprint density at radius 1 is 1.23 bits per heavy atom. The molecule has 0 aliphatic carbocycles. The van der Waals surface area contributed by atoms with Crippen molar-refractivity contribution in [3.8, 4) is 5.75 Å². The molecule has 0 unspecified atom stereocenters. The number of benzene rings is 1. The number of nitrogens with zero attached hydrogens (tertiary/aromatic N) is 1. The average Bonchev–Trinajstić information content (AvgIpc) is 3.03. The molecule has 1 aliphatic rings. The summed E-state index contributed by atoms with van der Waals surface area (Å²) in [5, 5.41) is 2.02. The molecule has 0 N–H and O–H groups in total. The Labute approximate surface area is 135 Å². The van der Waals surface area contributed by atoms with Gasteiger partial charge in [-0.05, 0) is 30.5 Å². The Morgan fingerprint density at radius 3 is 2.59 bits per heavy atom. The molecule has 0 bridgehead atoms. The van der Waals surface area contributed by atoms with Gasteiger partial charge in [-0.2, -0.15) is 0 Å². The highest BCUT2D eigenvalue weighted by molar-refractivity contribution is 7.10. The van der Waals surface area contributed by atoms with Gasteiger partial charge >= 0.3 is 0 Å². The van der Waals surface area contributed by atoms with Crippen LogP contribution in [-0.2, 0) is 11.2 Å². The molecule has 1 saturated heterocycles. The van der Waals surface area contributed by atoms with Crippen molar-refractivity contribution >= 4 is 17.2 Å². The van der Waals surface area contributed by atoms with Crippen LogP contribution in [0.15, 0.2) is 41.8 Å². The predicted molar refractivity (Wildman–Crippen MR) is 89.4 cm³/mol. The standard InChI is InChI=1S/C18H21NO2S/c1-14-4-6-15(7-5-14)21-16-8-10-19(11-9-16)18(20)13-17-3-2-12-22-17/h2-7,12,16H,8-11,13H2,1H3. The van der Waals surface area contributed by atoms with Crippen molar-refractivity contribution in [3.63, 3.8) is 0 Å². The molecular formula is C18H21NO2S. The fourth-order valence-corrected chi connectivity index (χ4v) is 3.40. The normalized spacial score (nSPS) is 15.8. The molecule has 4 heteroatoms. The number of rotatable bonds is 4. The van der Waals surface area contributed by atoms with E-state index in [1.54, 1.807) is 11.3 Å². The van der Waals surface area contributed by atoms with Crippen molar-refractivity contribution in [2.24, 2.45) is 0 Å². The van der Waals surface area contributed by atoms with Crippen molar-refractivity contribution < 1.29 is 9.53 Å². The van der Waals surface area contributed by atoms with Crippen LogP contribution in [0.25, 0.3) is 0 Å². The molecular weight excluding hydrogens is 294 g/mol. The van der Waals surface area contributed by atoms with Gasteiger partial charge in [0.15, 0.2) is 0 Å². The van der Waals surface area contributed by atoms with Crippen molar-refractivity contribution in [3.05, 3.63) is 52.2 Å². The van der Waals surface area contributed by atoms with Crippen molar-refractivity contribution in [2.75, 3.05) is 13.1 Å². The minimum atomic E-state index is 0.216. The second kappa shape index (κ2) is 6.97. The largest absolute Gasteiger partial charge is 0.490 e. The minimum absolute atomic E-state index is 0.216. The average molecular weight is 315 g/mol. The lowest BCUT2D eigenvalue weighted by atomic mass is 10.1. The lowest BCUT2D eigenvalue weighted by Gasteiger charge is -2.32. The van der Waals surface area contributed by atoms with Gasteiger partial charge in [-0.25, -0.2) is 0 Å². The van der Waals surface area contributed by atoms with E-state index in [0.717, 1.165) is 36.6 Å². The SMILES string of the molecule is Cc1ccc(OC2CCN(C(=O)Cc3cccs3)CC2)cc1. The van der Waals surface area contributed by atoms with Gasteiger partial charge in [0.2, 0.25) is 5.91 Å². The summed E-state index contributed by atoms with van der Waals surface area (Å²) in [6.45, 7) is 3.66. The number of amides is 1. The maximum atomic E-state index is 12.3. The monoisotopic (exact) mass is 315 g/mol. The third kappa shape index (κ3) is 3.89. The Balaban J connectivity index is 1.47. The number of hydrogen-bond acceptors (Lipinski definition) is 3. The van der Waals surface area contributed by atoms with Crippen molar-refractivity contribution in [1.29, 1.82) is 0 Å². The predicted octanol–water partition coefficient (Wildman–Crippen LogP) is 3.67. The van der Waals surface area contributed by atoms with Gasteiger partial charge in [-0.3, -0.25) is 4.79 Å². The summed E-state index contributed by atoms with van der Waals surface area (Å²) in [6, 6.07) is 12.2. The fourth-order valence-electron chi connectivity index (χ4n) is 2.71.